The molecule has 82 valence electrons. The van der Waals surface area contributed by atoms with Crippen molar-refractivity contribution in [1.82, 2.24) is 0 Å². The van der Waals surface area contributed by atoms with Crippen molar-refractivity contribution in [1.29, 1.82) is 0 Å². The van der Waals surface area contributed by atoms with Gasteiger partial charge in [-0.15, -0.1) is 13.2 Å². The quantitative estimate of drug-likeness (QED) is 0.635. The second-order valence-electron chi connectivity index (χ2n) is 2.55. The molecular weight excluding hydrogens is 234 g/mol. The van der Waals surface area contributed by atoms with E-state index in [0.29, 0.717) is 6.07 Å². The number of rotatable bonds is 2. The Morgan fingerprint density at radius 2 is 1.93 bits per heavy atom. The van der Waals surface area contributed by atoms with Crippen LogP contribution in [0.5, 0.6) is 5.75 Å². The van der Waals surface area contributed by atoms with Gasteiger partial charge in [0, 0.05) is 11.6 Å². The van der Waals surface area contributed by atoms with Crippen molar-refractivity contribution in [3.8, 4) is 5.75 Å². The topological polar surface area (TPSA) is 35.2 Å². The summed E-state index contributed by atoms with van der Waals surface area (Å²) in [5.41, 5.74) is 4.99. The molecule has 1 aromatic carbocycles. The number of halogens is 4. The monoisotopic (exact) mass is 239 g/mol. The molecule has 0 saturated heterocycles. The summed E-state index contributed by atoms with van der Waals surface area (Å²) in [5, 5.41) is 0. The Hall–Kier alpha value is -1.37. The Morgan fingerprint density at radius 3 is 2.33 bits per heavy atom. The number of thiocarbonyl (C=S) groups is 1. The van der Waals surface area contributed by atoms with E-state index in [4.69, 9.17) is 5.73 Å². The minimum Gasteiger partial charge on any atom is -0.406 e. The van der Waals surface area contributed by atoms with Crippen molar-refractivity contribution in [2.24, 2.45) is 5.73 Å². The molecule has 0 aliphatic carbocycles. The fourth-order valence-corrected chi connectivity index (χ4v) is 1.06. The first kappa shape index (κ1) is 11.7. The van der Waals surface area contributed by atoms with E-state index in [2.05, 4.69) is 17.0 Å². The van der Waals surface area contributed by atoms with Gasteiger partial charge in [-0.3, -0.25) is 0 Å². The van der Waals surface area contributed by atoms with Crippen molar-refractivity contribution < 1.29 is 22.3 Å². The Bertz CT molecular complexity index is 391. The molecule has 1 rings (SSSR count). The predicted molar refractivity (Wildman–Crippen MR) is 49.0 cm³/mol. The average Bonchev–Trinajstić information content (AvgIpc) is 1.99. The normalized spacial score (nSPS) is 11.2. The summed E-state index contributed by atoms with van der Waals surface area (Å²) in [4.78, 5) is -0.231. The molecule has 2 N–H and O–H groups in total. The minimum atomic E-state index is -4.85. The molecule has 2 nitrogen and oxygen atoms in total. The summed E-state index contributed by atoms with van der Waals surface area (Å²) < 4.78 is 51.8. The molecule has 0 bridgehead atoms. The van der Waals surface area contributed by atoms with Crippen LogP contribution in [-0.4, -0.2) is 11.4 Å². The van der Waals surface area contributed by atoms with E-state index in [1.165, 1.54) is 0 Å². The Labute approximate surface area is 87.6 Å². The van der Waals surface area contributed by atoms with E-state index in [9.17, 15) is 17.6 Å². The summed E-state index contributed by atoms with van der Waals surface area (Å²) in [7, 11) is 0. The Kier molecular flexibility index (Phi) is 3.13. The number of hydrogen-bond donors (Lipinski definition) is 1. The lowest BCUT2D eigenvalue weighted by atomic mass is 10.2. The predicted octanol–water partition coefficient (Wildman–Crippen LogP) is 2.36. The van der Waals surface area contributed by atoms with Gasteiger partial charge in [0.05, 0.1) is 0 Å². The highest BCUT2D eigenvalue weighted by Gasteiger charge is 2.31. The fraction of sp³-hybridized carbons (Fsp3) is 0.125. The molecular formula is C8H5F4NOS. The highest BCUT2D eigenvalue weighted by atomic mass is 32.1. The van der Waals surface area contributed by atoms with Crippen LogP contribution in [0.4, 0.5) is 17.6 Å². The summed E-state index contributed by atoms with van der Waals surface area (Å²) in [6, 6.07) is 2.53. The van der Waals surface area contributed by atoms with Gasteiger partial charge in [-0.1, -0.05) is 12.2 Å². The van der Waals surface area contributed by atoms with Gasteiger partial charge < -0.3 is 10.5 Å². The maximum atomic E-state index is 13.1. The van der Waals surface area contributed by atoms with E-state index in [-0.39, 0.29) is 10.6 Å². The van der Waals surface area contributed by atoms with Crippen molar-refractivity contribution in [3.05, 3.63) is 29.6 Å². The lowest BCUT2D eigenvalue weighted by Crippen LogP contribution is -2.18. The zero-order valence-electron chi connectivity index (χ0n) is 7.14. The van der Waals surface area contributed by atoms with Gasteiger partial charge in [0.2, 0.25) is 0 Å². The van der Waals surface area contributed by atoms with Crippen LogP contribution in [0, 0.1) is 5.82 Å². The van der Waals surface area contributed by atoms with Crippen molar-refractivity contribution in [2.75, 3.05) is 0 Å². The first-order valence-corrected chi connectivity index (χ1v) is 4.05. The molecule has 0 aliphatic heterocycles. The van der Waals surface area contributed by atoms with Gasteiger partial charge in [-0.25, -0.2) is 4.39 Å². The highest BCUT2D eigenvalue weighted by molar-refractivity contribution is 7.80. The molecule has 0 heterocycles. The van der Waals surface area contributed by atoms with Gasteiger partial charge in [-0.05, 0) is 12.1 Å². The molecule has 0 spiro atoms. The molecule has 7 heteroatoms. The molecule has 0 fully saturated rings. The molecule has 0 atom stereocenters. The summed E-state index contributed by atoms with van der Waals surface area (Å²) in [6.45, 7) is 0. The lowest BCUT2D eigenvalue weighted by Gasteiger charge is -2.09. The van der Waals surface area contributed by atoms with E-state index < -0.39 is 17.9 Å². The number of nitrogens with two attached hydrogens (primary N) is 1. The molecule has 0 radical (unpaired) electrons. The fourth-order valence-electron chi connectivity index (χ4n) is 0.893. The lowest BCUT2D eigenvalue weighted by molar-refractivity contribution is -0.274. The molecule has 15 heavy (non-hydrogen) atoms. The number of hydrogen-bond acceptors (Lipinski definition) is 2. The largest absolute Gasteiger partial charge is 0.573 e. The number of ether oxygens (including phenoxy) is 1. The Balaban J connectivity index is 2.97. The maximum absolute atomic E-state index is 13.1. The third kappa shape index (κ3) is 3.35. The number of benzene rings is 1. The van der Waals surface area contributed by atoms with E-state index in [0.717, 1.165) is 12.1 Å². The van der Waals surface area contributed by atoms with Gasteiger partial charge in [-0.2, -0.15) is 0 Å². The van der Waals surface area contributed by atoms with Gasteiger partial charge in [0.25, 0.3) is 0 Å². The average molecular weight is 239 g/mol. The molecule has 0 aliphatic rings. The molecule has 0 aromatic heterocycles. The summed E-state index contributed by atoms with van der Waals surface area (Å²) in [5.74, 6) is -1.61. The van der Waals surface area contributed by atoms with E-state index in [1.807, 2.05) is 0 Å². The number of alkyl halides is 3. The minimum absolute atomic E-state index is 0.125. The SMILES string of the molecule is NC(=S)c1ccc(OC(F)(F)F)cc1F. The first-order chi connectivity index (χ1) is 6.79. The smallest absolute Gasteiger partial charge is 0.406 e. The van der Waals surface area contributed by atoms with Crippen molar-refractivity contribution in [2.45, 2.75) is 6.36 Å². The summed E-state index contributed by atoms with van der Waals surface area (Å²) >= 11 is 4.48. The van der Waals surface area contributed by atoms with Crippen LogP contribution in [-0.2, 0) is 0 Å². The molecule has 0 amide bonds. The zero-order valence-corrected chi connectivity index (χ0v) is 7.95. The van der Waals surface area contributed by atoms with Gasteiger partial charge >= 0.3 is 6.36 Å². The van der Waals surface area contributed by atoms with Crippen molar-refractivity contribution in [3.63, 3.8) is 0 Å². The van der Waals surface area contributed by atoms with Crippen LogP contribution in [0.3, 0.4) is 0 Å². The zero-order chi connectivity index (χ0) is 11.6. The highest BCUT2D eigenvalue weighted by Crippen LogP contribution is 2.24. The second kappa shape index (κ2) is 4.01. The second-order valence-corrected chi connectivity index (χ2v) is 2.99. The molecule has 1 aromatic rings. The van der Waals surface area contributed by atoms with Gasteiger partial charge in [0.1, 0.15) is 16.6 Å². The first-order valence-electron chi connectivity index (χ1n) is 3.65. The van der Waals surface area contributed by atoms with Crippen LogP contribution in [0.1, 0.15) is 5.56 Å². The standard InChI is InChI=1S/C8H5F4NOS/c9-6-3-4(14-8(10,11)12)1-2-5(6)7(13)15/h1-3H,(H2,13,15). The van der Waals surface area contributed by atoms with Crippen LogP contribution in [0.25, 0.3) is 0 Å². The van der Waals surface area contributed by atoms with Crippen molar-refractivity contribution >= 4 is 17.2 Å². The van der Waals surface area contributed by atoms with Crippen LogP contribution in [0.2, 0.25) is 0 Å². The summed E-state index contributed by atoms with van der Waals surface area (Å²) in [6.07, 6.45) is -4.85. The van der Waals surface area contributed by atoms with Crippen LogP contribution >= 0.6 is 12.2 Å². The van der Waals surface area contributed by atoms with E-state index in [1.54, 1.807) is 0 Å². The third-order valence-electron chi connectivity index (χ3n) is 1.44. The third-order valence-corrected chi connectivity index (χ3v) is 1.66. The molecule has 0 unspecified atom stereocenters. The van der Waals surface area contributed by atoms with Crippen LogP contribution < -0.4 is 10.5 Å². The maximum Gasteiger partial charge on any atom is 0.573 e. The van der Waals surface area contributed by atoms with Crippen LogP contribution in [0.15, 0.2) is 18.2 Å². The van der Waals surface area contributed by atoms with Gasteiger partial charge in [0.15, 0.2) is 0 Å². The Morgan fingerprint density at radius 1 is 1.33 bits per heavy atom. The van der Waals surface area contributed by atoms with E-state index >= 15 is 0 Å². The molecule has 0 saturated carbocycles.